The molecular formula is C19H14ClN3O4. The summed E-state index contributed by atoms with van der Waals surface area (Å²) in [5.41, 5.74) is 1.46. The Hall–Kier alpha value is -3.06. The summed E-state index contributed by atoms with van der Waals surface area (Å²) >= 11 is 6.19. The normalized spacial score (nSPS) is 18.3. The van der Waals surface area contributed by atoms with Crippen LogP contribution in [0.2, 0.25) is 5.02 Å². The molecule has 3 aromatic rings. The summed E-state index contributed by atoms with van der Waals surface area (Å²) in [5, 5.41) is 4.58. The molecule has 2 aromatic carbocycles. The van der Waals surface area contributed by atoms with E-state index < -0.39 is 0 Å². The van der Waals surface area contributed by atoms with Gasteiger partial charge in [0.05, 0.1) is 10.9 Å². The second kappa shape index (κ2) is 6.28. The maximum atomic E-state index is 12.5. The van der Waals surface area contributed by atoms with E-state index in [0.717, 1.165) is 5.69 Å². The molecule has 2 aliphatic rings. The van der Waals surface area contributed by atoms with E-state index in [9.17, 15) is 4.79 Å². The summed E-state index contributed by atoms with van der Waals surface area (Å²) in [6, 6.07) is 12.8. The minimum Gasteiger partial charge on any atom is -0.454 e. The molecule has 2 aliphatic heterocycles. The fraction of sp³-hybridized carbons (Fsp3) is 0.211. The molecule has 1 fully saturated rings. The Morgan fingerprint density at radius 3 is 2.85 bits per heavy atom. The number of hydrogen-bond acceptors (Lipinski definition) is 6. The van der Waals surface area contributed by atoms with Crippen LogP contribution in [-0.4, -0.2) is 29.4 Å². The van der Waals surface area contributed by atoms with Crippen LogP contribution < -0.4 is 14.4 Å². The number of amides is 1. The van der Waals surface area contributed by atoms with E-state index in [-0.39, 0.29) is 18.6 Å². The number of halogens is 1. The molecule has 1 amide bonds. The van der Waals surface area contributed by atoms with Crippen LogP contribution in [0.4, 0.5) is 5.69 Å². The summed E-state index contributed by atoms with van der Waals surface area (Å²) < 4.78 is 16.1. The second-order valence-electron chi connectivity index (χ2n) is 6.38. The molecule has 0 aliphatic carbocycles. The molecule has 1 atom stereocenters. The second-order valence-corrected chi connectivity index (χ2v) is 6.79. The van der Waals surface area contributed by atoms with Crippen LogP contribution in [0.1, 0.15) is 18.2 Å². The molecule has 0 radical (unpaired) electrons. The van der Waals surface area contributed by atoms with Crippen molar-refractivity contribution in [1.29, 1.82) is 0 Å². The summed E-state index contributed by atoms with van der Waals surface area (Å²) in [6.45, 7) is 0.658. The van der Waals surface area contributed by atoms with Gasteiger partial charge in [0, 0.05) is 30.3 Å². The maximum Gasteiger partial charge on any atom is 0.232 e. The number of rotatable bonds is 3. The summed E-state index contributed by atoms with van der Waals surface area (Å²) in [5.74, 6) is 2.00. The standard InChI is InChI=1S/C19H14ClN3O4/c20-14-4-2-1-3-13(14)18-21-19(27-22-18)11-7-17(24)23(9-11)12-5-6-15-16(8-12)26-10-25-15/h1-6,8,11H,7,9-10H2. The van der Waals surface area contributed by atoms with Gasteiger partial charge in [-0.3, -0.25) is 4.79 Å². The van der Waals surface area contributed by atoms with Crippen LogP contribution in [0, 0.1) is 0 Å². The van der Waals surface area contributed by atoms with Gasteiger partial charge < -0.3 is 18.9 Å². The Balaban J connectivity index is 1.39. The highest BCUT2D eigenvalue weighted by atomic mass is 35.5. The Labute approximate surface area is 159 Å². The predicted molar refractivity (Wildman–Crippen MR) is 97.0 cm³/mol. The lowest BCUT2D eigenvalue weighted by atomic mass is 10.1. The molecule has 0 spiro atoms. The monoisotopic (exact) mass is 383 g/mol. The minimum atomic E-state index is -0.174. The summed E-state index contributed by atoms with van der Waals surface area (Å²) in [4.78, 5) is 18.7. The van der Waals surface area contributed by atoms with E-state index in [0.29, 0.717) is 46.8 Å². The maximum absolute atomic E-state index is 12.5. The van der Waals surface area contributed by atoms with Gasteiger partial charge in [-0.15, -0.1) is 0 Å². The zero-order valence-electron chi connectivity index (χ0n) is 14.1. The van der Waals surface area contributed by atoms with E-state index in [1.165, 1.54) is 0 Å². The van der Waals surface area contributed by atoms with Gasteiger partial charge in [0.15, 0.2) is 11.5 Å². The molecule has 1 saturated heterocycles. The van der Waals surface area contributed by atoms with Crippen molar-refractivity contribution >= 4 is 23.2 Å². The van der Waals surface area contributed by atoms with Gasteiger partial charge in [-0.2, -0.15) is 4.98 Å². The molecule has 0 saturated carbocycles. The average molecular weight is 384 g/mol. The number of fused-ring (bicyclic) bond motifs is 1. The molecule has 5 rings (SSSR count). The number of nitrogens with zero attached hydrogens (tertiary/aromatic N) is 3. The predicted octanol–water partition coefficient (Wildman–Crippen LogP) is 3.64. The summed E-state index contributed by atoms with van der Waals surface area (Å²) in [7, 11) is 0. The molecular weight excluding hydrogens is 370 g/mol. The quantitative estimate of drug-likeness (QED) is 0.687. The van der Waals surface area contributed by atoms with Crippen LogP contribution >= 0.6 is 11.6 Å². The van der Waals surface area contributed by atoms with Crippen molar-refractivity contribution in [2.45, 2.75) is 12.3 Å². The van der Waals surface area contributed by atoms with E-state index in [1.807, 2.05) is 30.3 Å². The Morgan fingerprint density at radius 2 is 1.96 bits per heavy atom. The third kappa shape index (κ3) is 2.80. The SMILES string of the molecule is O=C1CC(c2nc(-c3ccccc3Cl)no2)CN1c1ccc2c(c1)OCO2. The lowest BCUT2D eigenvalue weighted by molar-refractivity contribution is -0.117. The Bertz CT molecular complexity index is 1040. The number of aromatic nitrogens is 2. The number of hydrogen-bond donors (Lipinski definition) is 0. The lowest BCUT2D eigenvalue weighted by Gasteiger charge is -2.16. The van der Waals surface area contributed by atoms with Gasteiger partial charge in [0.1, 0.15) is 0 Å². The first-order valence-corrected chi connectivity index (χ1v) is 8.85. The third-order valence-electron chi connectivity index (χ3n) is 4.70. The van der Waals surface area contributed by atoms with Gasteiger partial charge in [0.2, 0.25) is 24.4 Å². The number of anilines is 1. The van der Waals surface area contributed by atoms with Crippen molar-refractivity contribution < 1.29 is 18.8 Å². The third-order valence-corrected chi connectivity index (χ3v) is 5.03. The van der Waals surface area contributed by atoms with Crippen molar-refractivity contribution in [3.63, 3.8) is 0 Å². The first-order valence-electron chi connectivity index (χ1n) is 8.47. The molecule has 7 nitrogen and oxygen atoms in total. The molecule has 3 heterocycles. The zero-order valence-corrected chi connectivity index (χ0v) is 14.8. The van der Waals surface area contributed by atoms with Crippen LogP contribution in [0.3, 0.4) is 0 Å². The number of ether oxygens (including phenoxy) is 2. The largest absolute Gasteiger partial charge is 0.454 e. The van der Waals surface area contributed by atoms with Gasteiger partial charge in [-0.1, -0.05) is 28.9 Å². The molecule has 1 aromatic heterocycles. The van der Waals surface area contributed by atoms with Crippen LogP contribution in [0.15, 0.2) is 47.0 Å². The average Bonchev–Trinajstić information content (AvgIpc) is 3.40. The van der Waals surface area contributed by atoms with Gasteiger partial charge in [0.25, 0.3) is 0 Å². The molecule has 136 valence electrons. The first-order chi connectivity index (χ1) is 13.2. The van der Waals surface area contributed by atoms with Gasteiger partial charge in [-0.25, -0.2) is 0 Å². The Morgan fingerprint density at radius 1 is 1.11 bits per heavy atom. The van der Waals surface area contributed by atoms with Crippen molar-refractivity contribution in [1.82, 2.24) is 10.1 Å². The minimum absolute atomic E-state index is 0.00337. The highest BCUT2D eigenvalue weighted by Gasteiger charge is 2.35. The molecule has 27 heavy (non-hydrogen) atoms. The van der Waals surface area contributed by atoms with Crippen LogP contribution in [0.5, 0.6) is 11.5 Å². The number of carbonyl (C=O) groups is 1. The smallest absolute Gasteiger partial charge is 0.232 e. The Kier molecular flexibility index (Phi) is 3.75. The number of benzene rings is 2. The molecule has 8 heteroatoms. The van der Waals surface area contributed by atoms with E-state index >= 15 is 0 Å². The van der Waals surface area contributed by atoms with Crippen LogP contribution in [0.25, 0.3) is 11.4 Å². The van der Waals surface area contributed by atoms with Crippen LogP contribution in [-0.2, 0) is 4.79 Å². The van der Waals surface area contributed by atoms with E-state index in [1.54, 1.807) is 17.0 Å². The lowest BCUT2D eigenvalue weighted by Crippen LogP contribution is -2.24. The highest BCUT2D eigenvalue weighted by molar-refractivity contribution is 6.33. The first kappa shape index (κ1) is 16.1. The molecule has 0 bridgehead atoms. The van der Waals surface area contributed by atoms with E-state index in [2.05, 4.69) is 10.1 Å². The zero-order chi connectivity index (χ0) is 18.4. The van der Waals surface area contributed by atoms with Crippen molar-refractivity contribution in [2.75, 3.05) is 18.2 Å². The van der Waals surface area contributed by atoms with Crippen molar-refractivity contribution in [3.05, 3.63) is 53.4 Å². The topological polar surface area (TPSA) is 77.7 Å². The van der Waals surface area contributed by atoms with Crippen molar-refractivity contribution in [3.8, 4) is 22.9 Å². The van der Waals surface area contributed by atoms with E-state index in [4.69, 9.17) is 25.6 Å². The highest BCUT2D eigenvalue weighted by Crippen LogP contribution is 2.38. The fourth-order valence-electron chi connectivity index (χ4n) is 3.33. The molecule has 1 unspecified atom stereocenters. The van der Waals surface area contributed by atoms with Gasteiger partial charge in [-0.05, 0) is 24.3 Å². The summed E-state index contributed by atoms with van der Waals surface area (Å²) in [6.07, 6.45) is 0.304. The number of carbonyl (C=O) groups excluding carboxylic acids is 1. The van der Waals surface area contributed by atoms with Gasteiger partial charge >= 0.3 is 0 Å². The van der Waals surface area contributed by atoms with Crippen molar-refractivity contribution in [2.24, 2.45) is 0 Å². The molecule has 0 N–H and O–H groups in total. The fourth-order valence-corrected chi connectivity index (χ4v) is 3.55.